The highest BCUT2D eigenvalue weighted by atomic mass is 16.5. The number of methoxy groups -OCH3 is 2. The van der Waals surface area contributed by atoms with Gasteiger partial charge in [-0.1, -0.05) is 42.5 Å². The Kier molecular flexibility index (Phi) is 7.92. The molecule has 0 aliphatic carbocycles. The summed E-state index contributed by atoms with van der Waals surface area (Å²) in [6.07, 6.45) is 4.21. The quantitative estimate of drug-likeness (QED) is 0.451. The van der Waals surface area contributed by atoms with Gasteiger partial charge in [-0.15, -0.1) is 0 Å². The van der Waals surface area contributed by atoms with Crippen molar-refractivity contribution in [1.82, 2.24) is 0 Å². The number of ether oxygens (including phenoxy) is 2. The van der Waals surface area contributed by atoms with Crippen LogP contribution in [0.1, 0.15) is 18.4 Å². The average molecular weight is 306 g/mol. The fraction of sp³-hybridized carbons (Fsp3) is 0.412. The summed E-state index contributed by atoms with van der Waals surface area (Å²) >= 11 is 0. The molecule has 5 nitrogen and oxygen atoms in total. The third-order valence-electron chi connectivity index (χ3n) is 3.26. The first-order valence-corrected chi connectivity index (χ1v) is 7.12. The summed E-state index contributed by atoms with van der Waals surface area (Å²) in [5.74, 6) is -2.44. The number of esters is 2. The van der Waals surface area contributed by atoms with Crippen LogP contribution in [0.3, 0.4) is 0 Å². The van der Waals surface area contributed by atoms with Crippen molar-refractivity contribution in [2.24, 2.45) is 5.92 Å². The molecule has 1 rings (SSSR count). The lowest BCUT2D eigenvalue weighted by Gasteiger charge is -2.10. The number of rotatable bonds is 8. The van der Waals surface area contributed by atoms with Gasteiger partial charge in [0, 0.05) is 0 Å². The molecular weight excluding hydrogens is 284 g/mol. The third kappa shape index (κ3) is 6.10. The summed E-state index contributed by atoms with van der Waals surface area (Å²) in [6, 6.07) is 9.88. The number of aryl methyl sites for hydroxylation is 1. The zero-order valence-electron chi connectivity index (χ0n) is 12.9. The second kappa shape index (κ2) is 9.73. The second-order valence-electron chi connectivity index (χ2n) is 4.87. The van der Waals surface area contributed by atoms with Gasteiger partial charge in [0.15, 0.2) is 5.92 Å². The van der Waals surface area contributed by atoms with Crippen LogP contribution < -0.4 is 0 Å². The van der Waals surface area contributed by atoms with Crippen LogP contribution in [0.4, 0.5) is 0 Å². The molecule has 5 heteroatoms. The van der Waals surface area contributed by atoms with E-state index in [1.54, 1.807) is 6.08 Å². The predicted molar refractivity (Wildman–Crippen MR) is 82.0 cm³/mol. The lowest BCUT2D eigenvalue weighted by molar-refractivity contribution is -0.156. The van der Waals surface area contributed by atoms with E-state index >= 15 is 0 Å². The highest BCUT2D eigenvalue weighted by Gasteiger charge is 2.25. The van der Waals surface area contributed by atoms with E-state index in [2.05, 4.69) is 9.47 Å². The smallest absolute Gasteiger partial charge is 0.323 e. The Hall–Kier alpha value is -2.14. The zero-order chi connectivity index (χ0) is 16.4. The average Bonchev–Trinajstić information content (AvgIpc) is 2.56. The number of hydrogen-bond donors (Lipinski definition) is 1. The first kappa shape index (κ1) is 17.9. The Bertz CT molecular complexity index is 479. The van der Waals surface area contributed by atoms with Crippen LogP contribution in [0.25, 0.3) is 0 Å². The number of benzene rings is 1. The summed E-state index contributed by atoms with van der Waals surface area (Å²) in [6.45, 7) is 0. The van der Waals surface area contributed by atoms with Gasteiger partial charge in [0.2, 0.25) is 0 Å². The normalized spacial score (nSPS) is 12.4. The van der Waals surface area contributed by atoms with Gasteiger partial charge < -0.3 is 14.6 Å². The molecule has 22 heavy (non-hydrogen) atoms. The van der Waals surface area contributed by atoms with Crippen LogP contribution in [0.5, 0.6) is 0 Å². The first-order valence-electron chi connectivity index (χ1n) is 7.12. The Morgan fingerprint density at radius 1 is 1.14 bits per heavy atom. The predicted octanol–water partition coefficient (Wildman–Crippen LogP) is 1.89. The number of aliphatic hydroxyl groups excluding tert-OH is 1. The van der Waals surface area contributed by atoms with Crippen LogP contribution in [0, 0.1) is 5.92 Å². The van der Waals surface area contributed by atoms with Crippen molar-refractivity contribution in [3.05, 3.63) is 48.0 Å². The molecule has 0 spiro atoms. The highest BCUT2D eigenvalue weighted by Crippen LogP contribution is 2.10. The second-order valence-corrected chi connectivity index (χ2v) is 4.87. The fourth-order valence-corrected chi connectivity index (χ4v) is 1.97. The Morgan fingerprint density at radius 3 is 2.27 bits per heavy atom. The van der Waals surface area contributed by atoms with Gasteiger partial charge in [-0.05, 0) is 24.8 Å². The maximum atomic E-state index is 11.5. The van der Waals surface area contributed by atoms with E-state index in [1.807, 2.05) is 30.3 Å². The van der Waals surface area contributed by atoms with E-state index in [-0.39, 0.29) is 0 Å². The maximum absolute atomic E-state index is 11.5. The number of aliphatic hydroxyl groups is 1. The van der Waals surface area contributed by atoms with Gasteiger partial charge in [0.1, 0.15) is 0 Å². The van der Waals surface area contributed by atoms with Gasteiger partial charge in [-0.2, -0.15) is 0 Å². The van der Waals surface area contributed by atoms with Crippen LogP contribution in [-0.4, -0.2) is 37.4 Å². The summed E-state index contributed by atoms with van der Waals surface area (Å²) < 4.78 is 9.09. The lowest BCUT2D eigenvalue weighted by atomic mass is 10.0. The fourth-order valence-electron chi connectivity index (χ4n) is 1.97. The summed E-state index contributed by atoms with van der Waals surface area (Å²) in [5, 5.41) is 9.93. The van der Waals surface area contributed by atoms with E-state index in [0.29, 0.717) is 12.8 Å². The SMILES string of the molecule is COC(=O)C(/C=C/C[C@@H](O)CCc1ccccc1)C(=O)OC. The first-order chi connectivity index (χ1) is 10.6. The lowest BCUT2D eigenvalue weighted by Crippen LogP contribution is -2.24. The molecule has 0 fully saturated rings. The largest absolute Gasteiger partial charge is 0.468 e. The molecule has 0 aromatic heterocycles. The van der Waals surface area contributed by atoms with Crippen LogP contribution in [0.15, 0.2) is 42.5 Å². The molecule has 0 aliphatic heterocycles. The van der Waals surface area contributed by atoms with Crippen molar-refractivity contribution < 1.29 is 24.2 Å². The van der Waals surface area contributed by atoms with E-state index in [1.165, 1.54) is 20.3 Å². The van der Waals surface area contributed by atoms with Gasteiger partial charge >= 0.3 is 11.9 Å². The van der Waals surface area contributed by atoms with E-state index < -0.39 is 24.0 Å². The van der Waals surface area contributed by atoms with Crippen LogP contribution >= 0.6 is 0 Å². The highest BCUT2D eigenvalue weighted by molar-refractivity contribution is 5.96. The molecule has 0 radical (unpaired) electrons. The van der Waals surface area contributed by atoms with Crippen molar-refractivity contribution in [2.45, 2.75) is 25.4 Å². The van der Waals surface area contributed by atoms with Gasteiger partial charge in [-0.3, -0.25) is 9.59 Å². The Labute approximate surface area is 130 Å². The molecule has 1 N–H and O–H groups in total. The molecule has 0 unspecified atom stereocenters. The van der Waals surface area contributed by atoms with Crippen molar-refractivity contribution in [3.63, 3.8) is 0 Å². The molecule has 1 atom stereocenters. The van der Waals surface area contributed by atoms with Crippen LogP contribution in [-0.2, 0) is 25.5 Å². The molecule has 120 valence electrons. The minimum Gasteiger partial charge on any atom is -0.468 e. The molecule has 0 aliphatic rings. The topological polar surface area (TPSA) is 72.8 Å². The standard InChI is InChI=1S/C17H22O5/c1-21-16(19)15(17(20)22-2)10-6-9-14(18)12-11-13-7-4-3-5-8-13/h3-8,10,14-15,18H,9,11-12H2,1-2H3/b10-6+/t14-/m1/s1. The van der Waals surface area contributed by atoms with E-state index in [9.17, 15) is 14.7 Å². The van der Waals surface area contributed by atoms with Crippen molar-refractivity contribution in [3.8, 4) is 0 Å². The minimum atomic E-state index is -1.09. The summed E-state index contributed by atoms with van der Waals surface area (Å²) in [7, 11) is 2.42. The monoisotopic (exact) mass is 306 g/mol. The number of hydrogen-bond acceptors (Lipinski definition) is 5. The van der Waals surface area contributed by atoms with Crippen LogP contribution in [0.2, 0.25) is 0 Å². The van der Waals surface area contributed by atoms with Crippen molar-refractivity contribution >= 4 is 11.9 Å². The molecular formula is C17H22O5. The molecule has 0 amide bonds. The molecule has 1 aromatic rings. The molecule has 0 heterocycles. The summed E-state index contributed by atoms with van der Waals surface area (Å²) in [4.78, 5) is 22.9. The van der Waals surface area contributed by atoms with E-state index in [0.717, 1.165) is 12.0 Å². The zero-order valence-corrected chi connectivity index (χ0v) is 12.9. The Balaban J connectivity index is 2.44. The minimum absolute atomic E-state index is 0.358. The maximum Gasteiger partial charge on any atom is 0.323 e. The van der Waals surface area contributed by atoms with Crippen molar-refractivity contribution in [1.29, 1.82) is 0 Å². The molecule has 1 aromatic carbocycles. The van der Waals surface area contributed by atoms with Gasteiger partial charge in [-0.25, -0.2) is 0 Å². The van der Waals surface area contributed by atoms with Gasteiger partial charge in [0.25, 0.3) is 0 Å². The molecule has 0 saturated heterocycles. The van der Waals surface area contributed by atoms with Crippen molar-refractivity contribution in [2.75, 3.05) is 14.2 Å². The summed E-state index contributed by atoms with van der Waals surface area (Å²) in [5.41, 5.74) is 1.16. The van der Waals surface area contributed by atoms with Gasteiger partial charge in [0.05, 0.1) is 20.3 Å². The number of carbonyl (C=O) groups excluding carboxylic acids is 2. The van der Waals surface area contributed by atoms with E-state index in [4.69, 9.17) is 0 Å². The molecule has 0 saturated carbocycles. The molecule has 0 bridgehead atoms. The third-order valence-corrected chi connectivity index (χ3v) is 3.26. The Morgan fingerprint density at radius 2 is 1.73 bits per heavy atom. The number of carbonyl (C=O) groups is 2.